The molecule has 0 aliphatic carbocycles. The molecule has 0 bridgehead atoms. The Kier molecular flexibility index (Phi) is 37.5. The van der Waals surface area contributed by atoms with Crippen molar-refractivity contribution in [2.45, 2.75) is 167 Å². The zero-order chi connectivity index (χ0) is 45.5. The molecule has 0 saturated carbocycles. The van der Waals surface area contributed by atoms with Crippen molar-refractivity contribution in [3.8, 4) is 0 Å². The third-order valence-corrected chi connectivity index (χ3v) is 10.3. The number of ether oxygens (including phenoxy) is 2. The summed E-state index contributed by atoms with van der Waals surface area (Å²) in [6, 6.07) is 0. The standard InChI is InChI=1S/C45H78O14P2/c1-4-5-26-32-41(46)33-28-23-19-15-11-7-6-8-12-16-20-24-29-34-44(48)55-38-43(39-58-61(53,54)57-37-42(47)36-56-60(50,51)52)59-45(49)35-30-25-21-17-13-9-10-14-18-22-27-31-40(2)3/h5,7-8,11-12,19-20,23-24,26,28,33,40-43,46-47H,4,6,9-10,13-18,21-22,25,27,29-32,34-39H2,1-3H3,(H,53,54)(H2,50,51,52)/b11-7-,12-8-,23-19+,24-20-,26-5-,33-28+/t41?,42-,43+/m0/s1. The summed E-state index contributed by atoms with van der Waals surface area (Å²) in [5, 5.41) is 19.6. The first-order chi connectivity index (χ1) is 29.1. The largest absolute Gasteiger partial charge is 0.472 e. The molecule has 16 heteroatoms. The number of rotatable bonds is 40. The van der Waals surface area contributed by atoms with Crippen LogP contribution in [-0.2, 0) is 41.8 Å². The van der Waals surface area contributed by atoms with Gasteiger partial charge in [0.2, 0.25) is 0 Å². The molecule has 0 radical (unpaired) electrons. The summed E-state index contributed by atoms with van der Waals surface area (Å²) in [5.74, 6) is -0.382. The first-order valence-corrected chi connectivity index (χ1v) is 25.1. The minimum Gasteiger partial charge on any atom is -0.462 e. The Balaban J connectivity index is 4.66. The van der Waals surface area contributed by atoms with Crippen molar-refractivity contribution in [2.75, 3.05) is 26.4 Å². The van der Waals surface area contributed by atoms with E-state index in [1.807, 2.05) is 54.7 Å². The molecule has 0 aromatic heterocycles. The molecule has 0 saturated heterocycles. The molecule has 0 fully saturated rings. The van der Waals surface area contributed by atoms with Crippen molar-refractivity contribution in [1.29, 1.82) is 0 Å². The van der Waals surface area contributed by atoms with Crippen LogP contribution in [0.15, 0.2) is 72.9 Å². The SMILES string of the molecule is CC/C=C\CC(O)/C=C/C=C/C/C=C\C/C=C\C/C=C\CCC(=O)OC[C@H](COP(=O)(O)OC[C@@H](O)COP(=O)(O)O)OC(=O)CCCCCCCCCCCCCC(C)C. The highest BCUT2D eigenvalue weighted by Crippen LogP contribution is 2.43. The topological polar surface area (TPSA) is 216 Å². The van der Waals surface area contributed by atoms with E-state index in [1.54, 1.807) is 6.08 Å². The summed E-state index contributed by atoms with van der Waals surface area (Å²) < 4.78 is 47.7. The maximum Gasteiger partial charge on any atom is 0.472 e. The summed E-state index contributed by atoms with van der Waals surface area (Å²) in [7, 11) is -9.71. The van der Waals surface area contributed by atoms with Gasteiger partial charge >= 0.3 is 27.6 Å². The Labute approximate surface area is 366 Å². The molecule has 0 aliphatic rings. The molecular weight excluding hydrogens is 826 g/mol. The van der Waals surface area contributed by atoms with Crippen LogP contribution in [-0.4, -0.2) is 81.6 Å². The average molecular weight is 905 g/mol. The van der Waals surface area contributed by atoms with Gasteiger partial charge in [-0.2, -0.15) is 0 Å². The fourth-order valence-electron chi connectivity index (χ4n) is 5.52. The maximum absolute atomic E-state index is 12.7. The van der Waals surface area contributed by atoms with Gasteiger partial charge in [0.1, 0.15) is 12.7 Å². The summed E-state index contributed by atoms with van der Waals surface area (Å²) in [5.41, 5.74) is 0. The van der Waals surface area contributed by atoms with Crippen LogP contribution in [0, 0.1) is 5.92 Å². The lowest BCUT2D eigenvalue weighted by Crippen LogP contribution is -2.29. The van der Waals surface area contributed by atoms with E-state index >= 15 is 0 Å². The molecule has 0 amide bonds. The normalized spacial score (nSPS) is 15.3. The maximum atomic E-state index is 12.7. The van der Waals surface area contributed by atoms with E-state index in [4.69, 9.17) is 23.8 Å². The molecule has 0 rings (SSSR count). The smallest absolute Gasteiger partial charge is 0.462 e. The van der Waals surface area contributed by atoms with Crippen molar-refractivity contribution in [3.63, 3.8) is 0 Å². The van der Waals surface area contributed by atoms with Crippen molar-refractivity contribution in [1.82, 2.24) is 0 Å². The van der Waals surface area contributed by atoms with E-state index in [1.165, 1.54) is 44.9 Å². The predicted molar refractivity (Wildman–Crippen MR) is 240 cm³/mol. The fraction of sp³-hybridized carbons (Fsp3) is 0.689. The van der Waals surface area contributed by atoms with Crippen LogP contribution in [0.3, 0.4) is 0 Å². The Hall–Kier alpha value is -2.48. The van der Waals surface area contributed by atoms with Crippen LogP contribution in [0.25, 0.3) is 0 Å². The Morgan fingerprint density at radius 3 is 1.72 bits per heavy atom. The third kappa shape index (κ3) is 43.9. The van der Waals surface area contributed by atoms with Crippen LogP contribution in [0.5, 0.6) is 0 Å². The van der Waals surface area contributed by atoms with E-state index in [2.05, 4.69) is 42.0 Å². The highest BCUT2D eigenvalue weighted by atomic mass is 31.2. The van der Waals surface area contributed by atoms with Gasteiger partial charge in [0.15, 0.2) is 6.10 Å². The Bertz CT molecular complexity index is 1380. The van der Waals surface area contributed by atoms with Crippen LogP contribution >= 0.6 is 15.6 Å². The van der Waals surface area contributed by atoms with Gasteiger partial charge in [-0.25, -0.2) is 9.13 Å². The number of unbranched alkanes of at least 4 members (excludes halogenated alkanes) is 10. The Morgan fingerprint density at radius 2 is 1.13 bits per heavy atom. The van der Waals surface area contributed by atoms with E-state index < -0.39 is 72.3 Å². The van der Waals surface area contributed by atoms with Crippen LogP contribution in [0.4, 0.5) is 0 Å². The summed E-state index contributed by atoms with van der Waals surface area (Å²) in [4.78, 5) is 52.7. The minimum absolute atomic E-state index is 0.0521. The molecule has 0 spiro atoms. The molecule has 14 nitrogen and oxygen atoms in total. The van der Waals surface area contributed by atoms with Crippen LogP contribution in [0.2, 0.25) is 0 Å². The van der Waals surface area contributed by atoms with E-state index in [0.29, 0.717) is 25.7 Å². The number of aliphatic hydroxyl groups excluding tert-OH is 2. The highest BCUT2D eigenvalue weighted by molar-refractivity contribution is 7.47. The number of hydrogen-bond donors (Lipinski definition) is 5. The lowest BCUT2D eigenvalue weighted by Gasteiger charge is -2.20. The van der Waals surface area contributed by atoms with Crippen molar-refractivity contribution < 1.29 is 66.7 Å². The number of allylic oxidation sites excluding steroid dienone is 10. The van der Waals surface area contributed by atoms with Gasteiger partial charge in [-0.1, -0.05) is 164 Å². The van der Waals surface area contributed by atoms with Crippen LogP contribution in [0.1, 0.15) is 149 Å². The molecule has 0 heterocycles. The number of hydrogen-bond acceptors (Lipinski definition) is 11. The second-order valence-electron chi connectivity index (χ2n) is 15.3. The first-order valence-electron chi connectivity index (χ1n) is 22.1. The molecule has 352 valence electrons. The zero-order valence-corrected chi connectivity index (χ0v) is 38.8. The van der Waals surface area contributed by atoms with E-state index in [-0.39, 0.29) is 12.8 Å². The zero-order valence-electron chi connectivity index (χ0n) is 37.0. The van der Waals surface area contributed by atoms with Crippen molar-refractivity contribution in [2.24, 2.45) is 5.92 Å². The van der Waals surface area contributed by atoms with Gasteiger partial charge in [0.05, 0.1) is 25.9 Å². The number of carbonyl (C=O) groups is 2. The van der Waals surface area contributed by atoms with Gasteiger partial charge in [0.25, 0.3) is 0 Å². The summed E-state index contributed by atoms with van der Waals surface area (Å²) in [6.07, 6.45) is 38.2. The van der Waals surface area contributed by atoms with Crippen molar-refractivity contribution in [3.05, 3.63) is 72.9 Å². The second kappa shape index (κ2) is 39.1. The van der Waals surface area contributed by atoms with Gasteiger partial charge in [-0.15, -0.1) is 0 Å². The average Bonchev–Trinajstić information content (AvgIpc) is 3.20. The fourth-order valence-corrected chi connectivity index (χ4v) is 6.68. The molecular formula is C45H78O14P2. The molecule has 2 unspecified atom stereocenters. The molecule has 0 aromatic carbocycles. The first kappa shape index (κ1) is 58.5. The molecule has 0 aliphatic heterocycles. The molecule has 4 atom stereocenters. The number of aliphatic hydroxyl groups is 2. The highest BCUT2D eigenvalue weighted by Gasteiger charge is 2.28. The van der Waals surface area contributed by atoms with Crippen LogP contribution < -0.4 is 0 Å². The van der Waals surface area contributed by atoms with Gasteiger partial charge in [-0.3, -0.25) is 23.2 Å². The van der Waals surface area contributed by atoms with Gasteiger partial charge in [0, 0.05) is 12.8 Å². The molecule has 0 aromatic rings. The van der Waals surface area contributed by atoms with E-state index in [9.17, 15) is 33.8 Å². The van der Waals surface area contributed by atoms with Gasteiger partial charge < -0.3 is 34.4 Å². The third-order valence-electron chi connectivity index (χ3n) is 8.87. The van der Waals surface area contributed by atoms with Crippen molar-refractivity contribution >= 4 is 27.6 Å². The monoisotopic (exact) mass is 904 g/mol. The van der Waals surface area contributed by atoms with Gasteiger partial charge in [-0.05, 0) is 50.9 Å². The Morgan fingerprint density at radius 1 is 0.590 bits per heavy atom. The lowest BCUT2D eigenvalue weighted by atomic mass is 10.0. The number of phosphoric ester groups is 2. The number of carbonyl (C=O) groups excluding carboxylic acids is 2. The summed E-state index contributed by atoms with van der Waals surface area (Å²) >= 11 is 0. The predicted octanol–water partition coefficient (Wildman–Crippen LogP) is 10.2. The lowest BCUT2D eigenvalue weighted by molar-refractivity contribution is -0.161. The second-order valence-corrected chi connectivity index (χ2v) is 18.0. The molecule has 5 N–H and O–H groups in total. The number of phosphoric acid groups is 2. The summed E-state index contributed by atoms with van der Waals surface area (Å²) in [6.45, 7) is 3.75. The quantitative estimate of drug-likeness (QED) is 0.0127. The van der Waals surface area contributed by atoms with E-state index in [0.717, 1.165) is 50.9 Å². The molecule has 61 heavy (non-hydrogen) atoms. The minimum atomic E-state index is -4.88. The number of esters is 2.